The highest BCUT2D eigenvalue weighted by atomic mass is 32.1. The molecule has 0 amide bonds. The van der Waals surface area contributed by atoms with Crippen LogP contribution in [0.2, 0.25) is 0 Å². The highest BCUT2D eigenvalue weighted by Gasteiger charge is 2.09. The van der Waals surface area contributed by atoms with E-state index >= 15 is 0 Å². The number of rotatable bonds is 4. The van der Waals surface area contributed by atoms with Crippen LogP contribution in [-0.4, -0.2) is 26.6 Å². The number of imidazole rings is 1. The third-order valence-corrected chi connectivity index (χ3v) is 2.50. The quantitative estimate of drug-likeness (QED) is 0.817. The van der Waals surface area contributed by atoms with Gasteiger partial charge in [0, 0.05) is 24.2 Å². The lowest BCUT2D eigenvalue weighted by atomic mass is 10.2. The summed E-state index contributed by atoms with van der Waals surface area (Å²) in [7, 11) is 1.59. The number of nitrogens with zero attached hydrogens (tertiary/aromatic N) is 3. The average Bonchev–Trinajstić information content (AvgIpc) is 2.78. The first-order valence-corrected chi connectivity index (χ1v) is 5.42. The van der Waals surface area contributed by atoms with E-state index in [1.54, 1.807) is 19.5 Å². The van der Waals surface area contributed by atoms with Crippen molar-refractivity contribution in [2.45, 2.75) is 6.54 Å². The van der Waals surface area contributed by atoms with Crippen molar-refractivity contribution in [3.05, 3.63) is 42.1 Å². The summed E-state index contributed by atoms with van der Waals surface area (Å²) >= 11 is 4.93. The highest BCUT2D eigenvalue weighted by molar-refractivity contribution is 7.80. The summed E-state index contributed by atoms with van der Waals surface area (Å²) < 4.78 is 7.05. The average molecular weight is 248 g/mol. The Labute approximate surface area is 104 Å². The number of hydrogen-bond acceptors (Lipinski definition) is 4. The van der Waals surface area contributed by atoms with E-state index in [1.165, 1.54) is 0 Å². The van der Waals surface area contributed by atoms with Crippen molar-refractivity contribution in [1.29, 1.82) is 0 Å². The smallest absolute Gasteiger partial charge is 0.218 e. The van der Waals surface area contributed by atoms with E-state index in [0.717, 1.165) is 5.56 Å². The van der Waals surface area contributed by atoms with E-state index in [9.17, 15) is 0 Å². The molecule has 0 unspecified atom stereocenters. The third-order valence-electron chi connectivity index (χ3n) is 2.32. The van der Waals surface area contributed by atoms with Gasteiger partial charge in [-0.2, -0.15) is 0 Å². The standard InChI is InChI=1S/C11H12N4OS/c1-16-11-8(3-2-4-14-11)7-15-6-5-13-10(15)9(12)17/h2-6H,7H2,1H3,(H2,12,17). The van der Waals surface area contributed by atoms with Gasteiger partial charge < -0.3 is 15.0 Å². The molecular formula is C11H12N4OS. The molecule has 0 saturated carbocycles. The third kappa shape index (κ3) is 2.42. The minimum Gasteiger partial charge on any atom is -0.481 e. The van der Waals surface area contributed by atoms with Crippen molar-refractivity contribution in [3.63, 3.8) is 0 Å². The Morgan fingerprint density at radius 1 is 1.47 bits per heavy atom. The van der Waals surface area contributed by atoms with E-state index in [-0.39, 0.29) is 4.99 Å². The molecule has 0 aliphatic heterocycles. The molecule has 0 radical (unpaired) electrons. The number of pyridine rings is 1. The normalized spacial score (nSPS) is 10.2. The molecule has 2 aromatic rings. The fourth-order valence-corrected chi connectivity index (χ4v) is 1.74. The summed E-state index contributed by atoms with van der Waals surface area (Å²) in [6.45, 7) is 0.573. The number of nitrogens with two attached hydrogens (primary N) is 1. The summed E-state index contributed by atoms with van der Waals surface area (Å²) in [4.78, 5) is 8.51. The van der Waals surface area contributed by atoms with Gasteiger partial charge in [-0.15, -0.1) is 0 Å². The first-order valence-electron chi connectivity index (χ1n) is 5.01. The van der Waals surface area contributed by atoms with Crippen LogP contribution in [0.3, 0.4) is 0 Å². The zero-order valence-electron chi connectivity index (χ0n) is 9.33. The summed E-state index contributed by atoms with van der Waals surface area (Å²) in [6, 6.07) is 3.80. The number of hydrogen-bond donors (Lipinski definition) is 1. The van der Waals surface area contributed by atoms with Crippen LogP contribution in [0, 0.1) is 0 Å². The maximum Gasteiger partial charge on any atom is 0.218 e. The second kappa shape index (κ2) is 4.92. The zero-order chi connectivity index (χ0) is 12.3. The minimum absolute atomic E-state index is 0.276. The molecule has 0 aliphatic carbocycles. The first-order chi connectivity index (χ1) is 8.22. The molecule has 0 spiro atoms. The molecule has 0 aliphatic rings. The molecule has 0 atom stereocenters. The molecule has 0 fully saturated rings. The van der Waals surface area contributed by atoms with E-state index < -0.39 is 0 Å². The Balaban J connectivity index is 2.31. The van der Waals surface area contributed by atoms with Gasteiger partial charge in [0.1, 0.15) is 4.99 Å². The van der Waals surface area contributed by atoms with Gasteiger partial charge >= 0.3 is 0 Å². The Morgan fingerprint density at radius 2 is 2.29 bits per heavy atom. The van der Waals surface area contributed by atoms with Crippen LogP contribution in [-0.2, 0) is 6.54 Å². The largest absolute Gasteiger partial charge is 0.481 e. The number of aromatic nitrogens is 3. The van der Waals surface area contributed by atoms with Crippen LogP contribution in [0.1, 0.15) is 11.4 Å². The van der Waals surface area contributed by atoms with Crippen LogP contribution in [0.15, 0.2) is 30.7 Å². The van der Waals surface area contributed by atoms with Crippen molar-refractivity contribution in [2.75, 3.05) is 7.11 Å². The van der Waals surface area contributed by atoms with Gasteiger partial charge in [0.15, 0.2) is 5.82 Å². The lowest BCUT2D eigenvalue weighted by molar-refractivity contribution is 0.391. The Kier molecular flexibility index (Phi) is 3.34. The second-order valence-electron chi connectivity index (χ2n) is 3.41. The number of ether oxygens (including phenoxy) is 1. The molecule has 0 aromatic carbocycles. The first kappa shape index (κ1) is 11.5. The second-order valence-corrected chi connectivity index (χ2v) is 3.85. The van der Waals surface area contributed by atoms with Crippen molar-refractivity contribution in [2.24, 2.45) is 5.73 Å². The van der Waals surface area contributed by atoms with Gasteiger partial charge in [0.2, 0.25) is 5.88 Å². The van der Waals surface area contributed by atoms with Gasteiger partial charge in [0.25, 0.3) is 0 Å². The molecular weight excluding hydrogens is 236 g/mol. The van der Waals surface area contributed by atoms with E-state index in [1.807, 2.05) is 22.9 Å². The highest BCUT2D eigenvalue weighted by Crippen LogP contribution is 2.15. The maximum absolute atomic E-state index is 5.58. The summed E-state index contributed by atoms with van der Waals surface area (Å²) in [6.07, 6.45) is 5.17. The summed E-state index contributed by atoms with van der Waals surface area (Å²) in [5.41, 5.74) is 6.53. The van der Waals surface area contributed by atoms with Gasteiger partial charge in [-0.05, 0) is 6.07 Å². The molecule has 17 heavy (non-hydrogen) atoms. The van der Waals surface area contributed by atoms with Gasteiger partial charge in [-0.1, -0.05) is 18.3 Å². The molecule has 2 heterocycles. The molecule has 2 N–H and O–H groups in total. The van der Waals surface area contributed by atoms with Crippen molar-refractivity contribution >= 4 is 17.2 Å². The topological polar surface area (TPSA) is 66.0 Å². The predicted molar refractivity (Wildman–Crippen MR) is 68.0 cm³/mol. The fourth-order valence-electron chi connectivity index (χ4n) is 1.57. The van der Waals surface area contributed by atoms with E-state index in [4.69, 9.17) is 22.7 Å². The number of methoxy groups -OCH3 is 1. The van der Waals surface area contributed by atoms with E-state index in [0.29, 0.717) is 18.2 Å². The maximum atomic E-state index is 5.58. The molecule has 2 aromatic heterocycles. The zero-order valence-corrected chi connectivity index (χ0v) is 10.1. The van der Waals surface area contributed by atoms with Crippen LogP contribution in [0.5, 0.6) is 5.88 Å². The molecule has 0 bridgehead atoms. The van der Waals surface area contributed by atoms with Gasteiger partial charge in [-0.25, -0.2) is 9.97 Å². The summed E-state index contributed by atoms with van der Waals surface area (Å²) in [5, 5.41) is 0. The Bertz CT molecular complexity index is 538. The lowest BCUT2D eigenvalue weighted by Crippen LogP contribution is -2.17. The Hall–Kier alpha value is -1.95. The van der Waals surface area contributed by atoms with Crippen LogP contribution in [0.25, 0.3) is 0 Å². The van der Waals surface area contributed by atoms with Crippen LogP contribution >= 0.6 is 12.2 Å². The predicted octanol–water partition coefficient (Wildman–Crippen LogP) is 0.969. The fraction of sp³-hybridized carbons (Fsp3) is 0.182. The van der Waals surface area contributed by atoms with Crippen LogP contribution in [0.4, 0.5) is 0 Å². The van der Waals surface area contributed by atoms with Gasteiger partial charge in [0.05, 0.1) is 13.7 Å². The van der Waals surface area contributed by atoms with Crippen molar-refractivity contribution < 1.29 is 4.74 Å². The number of thiocarbonyl (C=S) groups is 1. The molecule has 2 rings (SSSR count). The van der Waals surface area contributed by atoms with E-state index in [2.05, 4.69) is 9.97 Å². The molecule has 0 saturated heterocycles. The van der Waals surface area contributed by atoms with Gasteiger partial charge in [-0.3, -0.25) is 0 Å². The van der Waals surface area contributed by atoms with Crippen LogP contribution < -0.4 is 10.5 Å². The monoisotopic (exact) mass is 248 g/mol. The Morgan fingerprint density at radius 3 is 3.00 bits per heavy atom. The molecule has 6 heteroatoms. The SMILES string of the molecule is COc1ncccc1Cn1ccnc1C(N)=S. The molecule has 88 valence electrons. The lowest BCUT2D eigenvalue weighted by Gasteiger charge is -2.09. The summed E-state index contributed by atoms with van der Waals surface area (Å²) in [5.74, 6) is 1.18. The van der Waals surface area contributed by atoms with Crippen molar-refractivity contribution in [1.82, 2.24) is 14.5 Å². The molecule has 5 nitrogen and oxygen atoms in total. The minimum atomic E-state index is 0.276. The van der Waals surface area contributed by atoms with Crippen molar-refractivity contribution in [3.8, 4) is 5.88 Å².